The minimum Gasteiger partial charge on any atom is -0.481 e. The van der Waals surface area contributed by atoms with Gasteiger partial charge in [-0.3, -0.25) is 14.5 Å². The smallest absolute Gasteiger partial charge is 0.248 e. The lowest BCUT2D eigenvalue weighted by Gasteiger charge is -2.03. The van der Waals surface area contributed by atoms with Crippen molar-refractivity contribution in [2.75, 3.05) is 7.11 Å². The van der Waals surface area contributed by atoms with Gasteiger partial charge in [-0.25, -0.2) is 9.37 Å². The van der Waals surface area contributed by atoms with Crippen LogP contribution in [0.15, 0.2) is 36.7 Å². The van der Waals surface area contributed by atoms with Crippen molar-refractivity contribution in [2.45, 2.75) is 38.1 Å². The van der Waals surface area contributed by atoms with Gasteiger partial charge in [0.1, 0.15) is 0 Å². The Labute approximate surface area is 167 Å². The number of amides is 1. The number of carbonyl (C=O) groups excluding carboxylic acids is 1. The van der Waals surface area contributed by atoms with E-state index >= 15 is 0 Å². The third kappa shape index (κ3) is 4.26. The molecule has 2 aliphatic rings. The Kier molecular flexibility index (Phi) is 5.24. The van der Waals surface area contributed by atoms with Gasteiger partial charge in [0, 0.05) is 47.2 Å². The molecule has 1 saturated carbocycles. The molecular formula is C21H22FN5O2. The predicted molar refractivity (Wildman–Crippen MR) is 105 cm³/mol. The Morgan fingerprint density at radius 2 is 2.10 bits per heavy atom. The Morgan fingerprint density at radius 3 is 2.79 bits per heavy atom. The molecule has 0 atom stereocenters. The number of hydrogen-bond donors (Lipinski definition) is 1. The van der Waals surface area contributed by atoms with E-state index in [2.05, 4.69) is 15.1 Å². The predicted octanol–water partition coefficient (Wildman–Crippen LogP) is 3.10. The van der Waals surface area contributed by atoms with E-state index in [-0.39, 0.29) is 5.82 Å². The molecule has 29 heavy (non-hydrogen) atoms. The van der Waals surface area contributed by atoms with Gasteiger partial charge in [-0.1, -0.05) is 0 Å². The average molecular weight is 395 g/mol. The van der Waals surface area contributed by atoms with Gasteiger partial charge in [0.05, 0.1) is 19.0 Å². The molecule has 0 unspecified atom stereocenters. The molecule has 3 aromatic heterocycles. The first-order valence-corrected chi connectivity index (χ1v) is 9.57. The van der Waals surface area contributed by atoms with Crippen molar-refractivity contribution in [3.05, 3.63) is 59.4 Å². The lowest BCUT2D eigenvalue weighted by atomic mass is 10.1. The highest BCUT2D eigenvalue weighted by molar-refractivity contribution is 5.92. The molecule has 0 bridgehead atoms. The molecule has 1 fully saturated rings. The monoisotopic (exact) mass is 395 g/mol. The SMILES string of the molecule is COc1cc(C(N)=O)ccn1.Fc1cnc(C2CC2)cc1-c1cc2n(n1)CCC2. The molecular weight excluding hydrogens is 373 g/mol. The standard InChI is InChI=1S/C14H14FN3.C7H8N2O2/c15-12-8-16-13(9-3-4-9)7-11(12)14-6-10-2-1-5-18(10)17-14;1-11-6-4-5(7(8)10)2-3-9-6/h6-9H,1-5H2;2-4H,1H3,(H2,8,10). The van der Waals surface area contributed by atoms with Gasteiger partial charge in [0.25, 0.3) is 0 Å². The quantitative estimate of drug-likeness (QED) is 0.732. The lowest BCUT2D eigenvalue weighted by Crippen LogP contribution is -2.10. The van der Waals surface area contributed by atoms with Gasteiger partial charge in [0.15, 0.2) is 5.82 Å². The van der Waals surface area contributed by atoms with Gasteiger partial charge < -0.3 is 10.5 Å². The second-order valence-corrected chi connectivity index (χ2v) is 7.16. The van der Waals surface area contributed by atoms with Crippen LogP contribution >= 0.6 is 0 Å². The highest BCUT2D eigenvalue weighted by atomic mass is 19.1. The van der Waals surface area contributed by atoms with E-state index in [1.807, 2.05) is 16.8 Å². The van der Waals surface area contributed by atoms with E-state index in [0.717, 1.165) is 30.8 Å². The highest BCUT2D eigenvalue weighted by Crippen LogP contribution is 2.40. The Balaban J connectivity index is 0.000000161. The number of methoxy groups -OCH3 is 1. The van der Waals surface area contributed by atoms with Crippen LogP contribution in [0.5, 0.6) is 5.88 Å². The van der Waals surface area contributed by atoms with Crippen molar-refractivity contribution in [2.24, 2.45) is 5.73 Å². The molecule has 1 amide bonds. The number of fused-ring (bicyclic) bond motifs is 1. The van der Waals surface area contributed by atoms with Crippen molar-refractivity contribution in [1.82, 2.24) is 19.7 Å². The third-order valence-electron chi connectivity index (χ3n) is 5.04. The lowest BCUT2D eigenvalue weighted by molar-refractivity contribution is 0.0999. The van der Waals surface area contributed by atoms with Gasteiger partial charge in [-0.2, -0.15) is 5.10 Å². The number of primary amides is 1. The summed E-state index contributed by atoms with van der Waals surface area (Å²) in [4.78, 5) is 18.6. The van der Waals surface area contributed by atoms with Crippen molar-refractivity contribution in [3.63, 3.8) is 0 Å². The second kappa shape index (κ2) is 7.98. The first kappa shape index (κ1) is 19.0. The van der Waals surface area contributed by atoms with E-state index < -0.39 is 5.91 Å². The fourth-order valence-electron chi connectivity index (χ4n) is 3.32. The van der Waals surface area contributed by atoms with Crippen LogP contribution in [0.2, 0.25) is 0 Å². The first-order chi connectivity index (χ1) is 14.0. The number of carbonyl (C=O) groups is 1. The van der Waals surface area contributed by atoms with Crippen LogP contribution in [-0.2, 0) is 13.0 Å². The molecule has 8 heteroatoms. The Morgan fingerprint density at radius 1 is 1.28 bits per heavy atom. The van der Waals surface area contributed by atoms with E-state index in [9.17, 15) is 9.18 Å². The minimum atomic E-state index is -0.481. The molecule has 0 saturated heterocycles. The molecule has 7 nitrogen and oxygen atoms in total. The molecule has 1 aliphatic heterocycles. The molecule has 150 valence electrons. The zero-order chi connectivity index (χ0) is 20.4. The second-order valence-electron chi connectivity index (χ2n) is 7.16. The normalized spacial score (nSPS) is 14.7. The molecule has 0 radical (unpaired) electrons. The number of aromatic nitrogens is 4. The van der Waals surface area contributed by atoms with Crippen LogP contribution in [0.3, 0.4) is 0 Å². The zero-order valence-corrected chi connectivity index (χ0v) is 16.1. The Bertz CT molecular complexity index is 1020. The van der Waals surface area contributed by atoms with Gasteiger partial charge in [-0.15, -0.1) is 0 Å². The first-order valence-electron chi connectivity index (χ1n) is 9.57. The van der Waals surface area contributed by atoms with Crippen molar-refractivity contribution < 1.29 is 13.9 Å². The summed E-state index contributed by atoms with van der Waals surface area (Å²) < 4.78 is 20.7. The largest absolute Gasteiger partial charge is 0.481 e. The summed E-state index contributed by atoms with van der Waals surface area (Å²) in [6.45, 7) is 0.956. The maximum atomic E-state index is 13.9. The zero-order valence-electron chi connectivity index (χ0n) is 16.1. The fraction of sp³-hybridized carbons (Fsp3) is 0.333. The van der Waals surface area contributed by atoms with Crippen molar-refractivity contribution in [1.29, 1.82) is 0 Å². The maximum absolute atomic E-state index is 13.9. The number of nitrogens with two attached hydrogens (primary N) is 1. The number of hydrogen-bond acceptors (Lipinski definition) is 5. The highest BCUT2D eigenvalue weighted by Gasteiger charge is 2.26. The summed E-state index contributed by atoms with van der Waals surface area (Å²) in [5.74, 6) is 0.182. The van der Waals surface area contributed by atoms with Crippen LogP contribution in [-0.4, -0.2) is 32.8 Å². The van der Waals surface area contributed by atoms with Crippen molar-refractivity contribution >= 4 is 5.91 Å². The van der Waals surface area contributed by atoms with Crippen LogP contribution in [0.4, 0.5) is 4.39 Å². The van der Waals surface area contributed by atoms with Crippen LogP contribution in [0, 0.1) is 5.82 Å². The summed E-state index contributed by atoms with van der Waals surface area (Å²) in [6.07, 6.45) is 7.37. The molecule has 3 aromatic rings. The van der Waals surface area contributed by atoms with Gasteiger partial charge in [0.2, 0.25) is 11.8 Å². The molecule has 4 heterocycles. The summed E-state index contributed by atoms with van der Waals surface area (Å²) in [5.41, 5.74) is 9.01. The number of aryl methyl sites for hydroxylation is 2. The number of pyridine rings is 2. The minimum absolute atomic E-state index is 0.267. The Hall–Kier alpha value is -3.29. The molecule has 2 N–H and O–H groups in total. The summed E-state index contributed by atoms with van der Waals surface area (Å²) in [5, 5.41) is 4.49. The summed E-state index contributed by atoms with van der Waals surface area (Å²) in [6, 6.07) is 6.92. The van der Waals surface area contributed by atoms with Crippen molar-refractivity contribution in [3.8, 4) is 17.1 Å². The third-order valence-corrected chi connectivity index (χ3v) is 5.04. The van der Waals surface area contributed by atoms with Gasteiger partial charge in [-0.05, 0) is 43.9 Å². The van der Waals surface area contributed by atoms with E-state index in [1.54, 1.807) is 0 Å². The van der Waals surface area contributed by atoms with E-state index in [0.29, 0.717) is 22.9 Å². The van der Waals surface area contributed by atoms with Crippen LogP contribution in [0.1, 0.15) is 46.9 Å². The van der Waals surface area contributed by atoms with Gasteiger partial charge >= 0.3 is 0 Å². The van der Waals surface area contributed by atoms with E-state index in [4.69, 9.17) is 10.5 Å². The number of ether oxygens (including phenoxy) is 1. The average Bonchev–Trinajstić information content (AvgIpc) is 3.36. The molecule has 0 aromatic carbocycles. The fourth-order valence-corrected chi connectivity index (χ4v) is 3.32. The van der Waals surface area contributed by atoms with Crippen LogP contribution in [0.25, 0.3) is 11.3 Å². The number of nitrogens with zero attached hydrogens (tertiary/aromatic N) is 4. The maximum Gasteiger partial charge on any atom is 0.248 e. The van der Waals surface area contributed by atoms with Crippen LogP contribution < -0.4 is 10.5 Å². The number of halogens is 1. The molecule has 5 rings (SSSR count). The topological polar surface area (TPSA) is 95.9 Å². The molecule has 1 aliphatic carbocycles. The molecule has 0 spiro atoms. The summed E-state index contributed by atoms with van der Waals surface area (Å²) >= 11 is 0. The number of rotatable bonds is 4. The van der Waals surface area contributed by atoms with E-state index in [1.165, 1.54) is 50.2 Å². The summed E-state index contributed by atoms with van der Waals surface area (Å²) in [7, 11) is 1.48.